The molecule has 0 spiro atoms. The molecule has 0 aromatic rings. The maximum atomic E-state index is 13.9. The number of hydrogen-bond acceptors (Lipinski definition) is 5. The molecule has 0 aromatic carbocycles. The van der Waals surface area contributed by atoms with Crippen molar-refractivity contribution in [2.75, 3.05) is 33.7 Å². The Hall–Kier alpha value is -1.24. The van der Waals surface area contributed by atoms with E-state index in [1.165, 1.54) is 25.7 Å². The minimum absolute atomic E-state index is 0.102. The molecule has 6 nitrogen and oxygen atoms in total. The molecule has 1 saturated heterocycles. The third-order valence-corrected chi connectivity index (χ3v) is 12.6. The number of unbranched alkanes of at least 4 members (excludes halogenated alkanes) is 3. The number of carboxylic acid groups (broad SMARTS) is 1. The Morgan fingerprint density at radius 1 is 1.25 bits per heavy atom. The summed E-state index contributed by atoms with van der Waals surface area (Å²) in [6, 6.07) is 0. The quantitative estimate of drug-likeness (QED) is 0.160. The first-order chi connectivity index (χ1) is 19.1. The molecular weight excluding hydrogens is 500 g/mol. The average Bonchev–Trinajstić information content (AvgIpc) is 3.63. The molecule has 4 fully saturated rings. The number of nitrogens with one attached hydrogen (secondary N) is 1. The van der Waals surface area contributed by atoms with E-state index in [9.17, 15) is 14.7 Å². The van der Waals surface area contributed by atoms with Crippen LogP contribution >= 0.6 is 0 Å². The van der Waals surface area contributed by atoms with Crippen LogP contribution in [0.15, 0.2) is 11.6 Å². The van der Waals surface area contributed by atoms with Gasteiger partial charge in [0.1, 0.15) is 11.7 Å². The molecule has 3 saturated carbocycles. The van der Waals surface area contributed by atoms with E-state index >= 15 is 0 Å². The van der Waals surface area contributed by atoms with Crippen molar-refractivity contribution in [3.05, 3.63) is 11.6 Å². The first-order valence-electron chi connectivity index (χ1n) is 16.5. The number of carbonyl (C=O) groups excluding carboxylic acids is 1. The summed E-state index contributed by atoms with van der Waals surface area (Å²) in [5.41, 5.74) is -1.46. The second kappa shape index (κ2) is 11.4. The van der Waals surface area contributed by atoms with Gasteiger partial charge in [-0.3, -0.25) is 4.79 Å². The van der Waals surface area contributed by atoms with Gasteiger partial charge < -0.3 is 24.9 Å². The van der Waals surface area contributed by atoms with Crippen LogP contribution in [0.1, 0.15) is 91.9 Å². The summed E-state index contributed by atoms with van der Waals surface area (Å²) < 4.78 is 7.22. The first-order valence-corrected chi connectivity index (χ1v) is 16.5. The maximum Gasteiger partial charge on any atom is 0.315 e. The molecule has 7 unspecified atom stereocenters. The highest BCUT2D eigenvalue weighted by molar-refractivity contribution is 5.90. The lowest BCUT2D eigenvalue weighted by Crippen LogP contribution is -2.65. The Labute approximate surface area is 243 Å². The Morgan fingerprint density at radius 3 is 2.67 bits per heavy atom. The molecule has 5 aliphatic rings. The van der Waals surface area contributed by atoms with Crippen LogP contribution in [-0.4, -0.2) is 68.2 Å². The van der Waals surface area contributed by atoms with E-state index in [0.29, 0.717) is 24.2 Å². The zero-order valence-electron chi connectivity index (χ0n) is 26.1. The van der Waals surface area contributed by atoms with Gasteiger partial charge in [-0.2, -0.15) is 0 Å². The molecular formula is C34H56N2O4. The number of nitrogens with zero attached hydrogens (tertiary/aromatic N) is 1. The molecule has 1 aliphatic heterocycles. The van der Waals surface area contributed by atoms with Crippen molar-refractivity contribution in [2.45, 2.75) is 104 Å². The molecule has 40 heavy (non-hydrogen) atoms. The van der Waals surface area contributed by atoms with Gasteiger partial charge in [-0.25, -0.2) is 0 Å². The Balaban J connectivity index is 1.56. The fourth-order valence-corrected chi connectivity index (χ4v) is 11.0. The van der Waals surface area contributed by atoms with Crippen LogP contribution in [0.2, 0.25) is 0 Å². The predicted molar refractivity (Wildman–Crippen MR) is 159 cm³/mol. The van der Waals surface area contributed by atoms with E-state index in [2.05, 4.69) is 51.0 Å². The summed E-state index contributed by atoms with van der Waals surface area (Å²) >= 11 is 0. The van der Waals surface area contributed by atoms with Crippen LogP contribution in [0.5, 0.6) is 0 Å². The number of likely N-dealkylation sites (N-methyl/N-ethyl adjacent to an activating group) is 2. The van der Waals surface area contributed by atoms with Crippen LogP contribution in [0.25, 0.3) is 0 Å². The van der Waals surface area contributed by atoms with Gasteiger partial charge in [0.25, 0.3) is 0 Å². The lowest BCUT2D eigenvalue weighted by Gasteiger charge is -2.60. The van der Waals surface area contributed by atoms with Crippen LogP contribution in [-0.2, 0) is 14.3 Å². The summed E-state index contributed by atoms with van der Waals surface area (Å²) in [5.74, 6) is 1.00. The normalized spacial score (nSPS) is 43.5. The van der Waals surface area contributed by atoms with Crippen LogP contribution in [0.4, 0.5) is 0 Å². The maximum absolute atomic E-state index is 13.9. The van der Waals surface area contributed by atoms with Gasteiger partial charge in [0, 0.05) is 25.0 Å². The van der Waals surface area contributed by atoms with Crippen molar-refractivity contribution in [3.8, 4) is 0 Å². The van der Waals surface area contributed by atoms with Gasteiger partial charge in [0.2, 0.25) is 0 Å². The van der Waals surface area contributed by atoms with Crippen LogP contribution in [0.3, 0.4) is 0 Å². The van der Waals surface area contributed by atoms with Gasteiger partial charge in [-0.05, 0) is 81.7 Å². The van der Waals surface area contributed by atoms with Gasteiger partial charge in [-0.15, -0.1) is 0 Å². The lowest BCUT2D eigenvalue weighted by atomic mass is 9.41. The molecule has 4 bridgehead atoms. The summed E-state index contributed by atoms with van der Waals surface area (Å²) in [5, 5.41) is 14.7. The molecule has 2 N–H and O–H groups in total. The highest BCUT2D eigenvalue weighted by Crippen LogP contribution is 2.84. The molecule has 0 radical (unpaired) electrons. The lowest BCUT2D eigenvalue weighted by molar-refractivity contribution is -0.197. The first kappa shape index (κ1) is 30.2. The number of aliphatic carboxylic acids is 1. The van der Waals surface area contributed by atoms with Gasteiger partial charge in [0.05, 0.1) is 17.6 Å². The van der Waals surface area contributed by atoms with E-state index < -0.39 is 22.2 Å². The molecule has 0 aromatic heterocycles. The summed E-state index contributed by atoms with van der Waals surface area (Å²) in [6.07, 6.45) is 14.2. The molecule has 1 heterocycles. The molecule has 226 valence electrons. The molecule has 10 atom stereocenters. The number of rotatable bonds is 14. The van der Waals surface area contributed by atoms with Crippen molar-refractivity contribution in [1.29, 1.82) is 0 Å². The zero-order chi connectivity index (χ0) is 28.9. The molecule has 5 rings (SSSR count). The van der Waals surface area contributed by atoms with Crippen LogP contribution in [0, 0.1) is 51.8 Å². The SMILES string of the molecule is CCCCCCC1CC(C23C[C@@H]4[C@H](C)CC[C@H]4C4(C=O)CC2C=C(C(C)C)C34C(=O)O)OC1CN(C)CCNC. The summed E-state index contributed by atoms with van der Waals surface area (Å²) in [6.45, 7) is 11.7. The number of allylic oxidation sites excluding steroid dienone is 1. The largest absolute Gasteiger partial charge is 0.481 e. The van der Waals surface area contributed by atoms with Gasteiger partial charge in [0.15, 0.2) is 0 Å². The monoisotopic (exact) mass is 556 g/mol. The smallest absolute Gasteiger partial charge is 0.315 e. The number of fused-ring (bicyclic) bond motifs is 2. The van der Waals surface area contributed by atoms with Crippen molar-refractivity contribution in [1.82, 2.24) is 10.2 Å². The Morgan fingerprint density at radius 2 is 2.02 bits per heavy atom. The second-order valence-corrected chi connectivity index (χ2v) is 14.7. The fraction of sp³-hybridized carbons (Fsp3) is 0.882. The summed E-state index contributed by atoms with van der Waals surface area (Å²) in [4.78, 5) is 29.8. The third-order valence-electron chi connectivity index (χ3n) is 12.6. The van der Waals surface area contributed by atoms with E-state index in [-0.39, 0.29) is 30.0 Å². The van der Waals surface area contributed by atoms with Crippen LogP contribution < -0.4 is 5.32 Å². The second-order valence-electron chi connectivity index (χ2n) is 14.7. The van der Waals surface area contributed by atoms with Crippen molar-refractivity contribution in [3.63, 3.8) is 0 Å². The standard InChI is InChI=1S/C34H56N2O4/c1-7-8-9-10-11-24-16-30(40-29(24)20-36(6)15-14-35-5)33-19-26-23(4)12-13-27(26)32(21-37)18-25(33)17-28(22(2)3)34(32,33)31(38)39/h17,21-27,29-30,35H,7-16,18-20H2,1-6H3,(H,38,39)/t23-,24?,25?,26-,27-,29?,30?,32?,33?,34?/m1/s1. The number of carboxylic acids is 1. The predicted octanol–water partition coefficient (Wildman–Crippen LogP) is 5.81. The number of aldehydes is 1. The van der Waals surface area contributed by atoms with Crippen molar-refractivity contribution < 1.29 is 19.4 Å². The van der Waals surface area contributed by atoms with E-state index in [1.54, 1.807) is 0 Å². The average molecular weight is 557 g/mol. The van der Waals surface area contributed by atoms with Gasteiger partial charge in [-0.1, -0.05) is 71.4 Å². The topological polar surface area (TPSA) is 78.9 Å². The third kappa shape index (κ3) is 4.12. The highest BCUT2D eigenvalue weighted by Gasteiger charge is 2.86. The highest BCUT2D eigenvalue weighted by atomic mass is 16.5. The minimum atomic E-state index is -1.14. The minimum Gasteiger partial charge on any atom is -0.481 e. The molecule has 6 heteroatoms. The Bertz CT molecular complexity index is 981. The van der Waals surface area contributed by atoms with Gasteiger partial charge >= 0.3 is 5.97 Å². The van der Waals surface area contributed by atoms with Crippen molar-refractivity contribution in [2.24, 2.45) is 51.8 Å². The molecule has 0 amide bonds. The summed E-state index contributed by atoms with van der Waals surface area (Å²) in [7, 11) is 4.17. The zero-order valence-corrected chi connectivity index (χ0v) is 26.1. The Kier molecular flexibility index (Phi) is 8.65. The van der Waals surface area contributed by atoms with Crippen molar-refractivity contribution >= 4 is 12.3 Å². The van der Waals surface area contributed by atoms with E-state index in [1.807, 2.05) is 7.05 Å². The fourth-order valence-electron chi connectivity index (χ4n) is 11.0. The van der Waals surface area contributed by atoms with E-state index in [4.69, 9.17) is 4.74 Å². The molecule has 4 aliphatic carbocycles. The number of hydrogen-bond donors (Lipinski definition) is 2. The van der Waals surface area contributed by atoms with E-state index in [0.717, 1.165) is 63.6 Å². The number of carbonyl (C=O) groups is 2. The number of ether oxygens (including phenoxy) is 1.